The van der Waals surface area contributed by atoms with Crippen LogP contribution in [0, 0.1) is 0 Å². The summed E-state index contributed by atoms with van der Waals surface area (Å²) in [6.45, 7) is 0.474. The Bertz CT molecular complexity index is 813. The predicted octanol–water partition coefficient (Wildman–Crippen LogP) is 6.30. The lowest BCUT2D eigenvalue weighted by Gasteiger charge is -2.26. The summed E-state index contributed by atoms with van der Waals surface area (Å²) in [5.41, 5.74) is 1.65. The van der Waals surface area contributed by atoms with Gasteiger partial charge in [-0.15, -0.1) is 0 Å². The number of alkyl halides is 3. The second kappa shape index (κ2) is 8.79. The van der Waals surface area contributed by atoms with Crippen LogP contribution in [-0.2, 0) is 17.5 Å². The Kier molecular flexibility index (Phi) is 6.42. The van der Waals surface area contributed by atoms with Crippen LogP contribution < -0.4 is 0 Å². The van der Waals surface area contributed by atoms with Crippen molar-refractivity contribution in [1.82, 2.24) is 0 Å². The van der Waals surface area contributed by atoms with Crippen LogP contribution in [0.15, 0.2) is 53.5 Å². The van der Waals surface area contributed by atoms with Crippen molar-refractivity contribution in [2.45, 2.75) is 50.6 Å². The van der Waals surface area contributed by atoms with Crippen molar-refractivity contribution in [3.63, 3.8) is 0 Å². The Morgan fingerprint density at radius 3 is 2.56 bits per heavy atom. The van der Waals surface area contributed by atoms with Gasteiger partial charge in [-0.3, -0.25) is 0 Å². The first-order valence-corrected chi connectivity index (χ1v) is 9.31. The monoisotopic (exact) mass is 391 g/mol. The van der Waals surface area contributed by atoms with Gasteiger partial charge in [-0.25, -0.2) is 4.99 Å². The largest absolute Gasteiger partial charge is 0.416 e. The number of nitrogens with zero attached hydrogens (tertiary/aromatic N) is 1. The van der Waals surface area contributed by atoms with E-state index in [1.54, 1.807) is 6.07 Å². The molecule has 1 aliphatic rings. The average molecular weight is 391 g/mol. The number of hydrogen-bond acceptors (Lipinski definition) is 3. The maximum atomic E-state index is 12.9. The molecule has 142 valence electrons. The van der Waals surface area contributed by atoms with Crippen molar-refractivity contribution in [3.05, 3.63) is 59.7 Å². The van der Waals surface area contributed by atoms with Crippen LogP contribution in [0.4, 0.5) is 13.2 Å². The zero-order valence-electron chi connectivity index (χ0n) is 14.7. The Morgan fingerprint density at radius 1 is 1.07 bits per heavy atom. The van der Waals surface area contributed by atoms with E-state index in [9.17, 15) is 13.2 Å². The average Bonchev–Trinajstić information content (AvgIpc) is 2.67. The van der Waals surface area contributed by atoms with E-state index < -0.39 is 11.7 Å². The first-order valence-electron chi connectivity index (χ1n) is 8.91. The minimum atomic E-state index is -4.34. The van der Waals surface area contributed by atoms with Gasteiger partial charge in [-0.1, -0.05) is 36.4 Å². The van der Waals surface area contributed by atoms with Gasteiger partial charge in [0.25, 0.3) is 0 Å². The van der Waals surface area contributed by atoms with Crippen LogP contribution in [0.5, 0.6) is 0 Å². The van der Waals surface area contributed by atoms with Crippen molar-refractivity contribution >= 4 is 17.4 Å². The molecule has 0 amide bonds. The highest BCUT2D eigenvalue weighted by Gasteiger charge is 2.30. The summed E-state index contributed by atoms with van der Waals surface area (Å²) in [5, 5.41) is 2.45. The first kappa shape index (κ1) is 19.7. The number of halogens is 3. The smallest absolute Gasteiger partial charge is 0.373 e. The first-order chi connectivity index (χ1) is 13.0. The molecule has 1 unspecified atom stereocenters. The molecule has 1 saturated carbocycles. The lowest BCUT2D eigenvalue weighted by Crippen LogP contribution is -2.24. The van der Waals surface area contributed by atoms with Gasteiger partial charge in [-0.05, 0) is 66.7 Å². The van der Waals surface area contributed by atoms with Crippen LogP contribution in [0.1, 0.15) is 36.8 Å². The Balaban J connectivity index is 1.62. The minimum Gasteiger partial charge on any atom is -0.373 e. The van der Waals surface area contributed by atoms with E-state index in [4.69, 9.17) is 4.74 Å². The third kappa shape index (κ3) is 5.48. The molecule has 0 aliphatic heterocycles. The topological polar surface area (TPSA) is 21.6 Å². The summed E-state index contributed by atoms with van der Waals surface area (Å²) >= 11 is 4.67. The third-order valence-corrected chi connectivity index (χ3v) is 4.90. The van der Waals surface area contributed by atoms with Crippen LogP contribution >= 0.6 is 12.2 Å². The molecule has 2 aromatic rings. The molecule has 2 nitrogen and oxygen atoms in total. The van der Waals surface area contributed by atoms with E-state index in [2.05, 4.69) is 22.4 Å². The second-order valence-electron chi connectivity index (χ2n) is 6.75. The molecule has 0 spiro atoms. The molecular weight excluding hydrogens is 371 g/mol. The van der Waals surface area contributed by atoms with Gasteiger partial charge in [0.1, 0.15) is 0 Å². The molecule has 2 atom stereocenters. The summed E-state index contributed by atoms with van der Waals surface area (Å²) < 4.78 is 44.6. The summed E-state index contributed by atoms with van der Waals surface area (Å²) in [6, 6.07) is 13.0. The molecule has 0 N–H and O–H groups in total. The third-order valence-electron chi connectivity index (χ3n) is 4.80. The number of rotatable bonds is 5. The normalized spacial score (nSPS) is 20.1. The van der Waals surface area contributed by atoms with Crippen molar-refractivity contribution in [2.24, 2.45) is 4.99 Å². The zero-order chi connectivity index (χ0) is 19.3. The quantitative estimate of drug-likeness (QED) is 0.440. The van der Waals surface area contributed by atoms with Crippen LogP contribution in [-0.4, -0.2) is 17.3 Å². The summed E-state index contributed by atoms with van der Waals surface area (Å²) in [5.74, 6) is 0. The molecule has 2 aromatic carbocycles. The van der Waals surface area contributed by atoms with Crippen molar-refractivity contribution < 1.29 is 17.9 Å². The van der Waals surface area contributed by atoms with Crippen LogP contribution in [0.25, 0.3) is 11.1 Å². The van der Waals surface area contributed by atoms with E-state index in [0.29, 0.717) is 12.2 Å². The van der Waals surface area contributed by atoms with E-state index in [1.807, 2.05) is 24.3 Å². The number of hydrogen-bond donors (Lipinski definition) is 0. The molecule has 0 aromatic heterocycles. The molecule has 1 aliphatic carbocycles. The fraction of sp³-hybridized carbons (Fsp3) is 0.381. The minimum absolute atomic E-state index is 0.152. The van der Waals surface area contributed by atoms with Gasteiger partial charge in [0.15, 0.2) is 0 Å². The maximum absolute atomic E-state index is 12.9. The number of aliphatic imine (C=N–C) groups is 1. The zero-order valence-corrected chi connectivity index (χ0v) is 15.5. The van der Waals surface area contributed by atoms with E-state index in [1.165, 1.54) is 12.1 Å². The highest BCUT2D eigenvalue weighted by atomic mass is 32.1. The Labute approximate surface area is 162 Å². The maximum Gasteiger partial charge on any atom is 0.416 e. The van der Waals surface area contributed by atoms with Gasteiger partial charge in [0.2, 0.25) is 0 Å². The number of ether oxygens (including phenoxy) is 1. The summed E-state index contributed by atoms with van der Waals surface area (Å²) in [4.78, 5) is 4.16. The second-order valence-corrected chi connectivity index (χ2v) is 6.93. The lowest BCUT2D eigenvalue weighted by molar-refractivity contribution is -0.137. The highest BCUT2D eigenvalue weighted by Crippen LogP contribution is 2.32. The molecule has 6 heteroatoms. The summed E-state index contributed by atoms with van der Waals surface area (Å²) in [7, 11) is 0. The summed E-state index contributed by atoms with van der Waals surface area (Å²) in [6.07, 6.45) is -0.245. The molecule has 3 rings (SSSR count). The molecule has 1 fully saturated rings. The van der Waals surface area contributed by atoms with Crippen molar-refractivity contribution in [2.75, 3.05) is 0 Å². The Morgan fingerprint density at radius 2 is 1.85 bits per heavy atom. The van der Waals surface area contributed by atoms with E-state index >= 15 is 0 Å². The molecule has 0 saturated heterocycles. The van der Waals surface area contributed by atoms with E-state index in [-0.39, 0.29) is 12.1 Å². The molecular formula is C21H20F3NOS. The van der Waals surface area contributed by atoms with Gasteiger partial charge in [0, 0.05) is 0 Å². The van der Waals surface area contributed by atoms with Crippen molar-refractivity contribution in [1.29, 1.82) is 0 Å². The van der Waals surface area contributed by atoms with Gasteiger partial charge >= 0.3 is 6.18 Å². The number of isothiocyanates is 1. The highest BCUT2D eigenvalue weighted by molar-refractivity contribution is 7.78. The van der Waals surface area contributed by atoms with Crippen LogP contribution in [0.3, 0.4) is 0 Å². The fourth-order valence-electron chi connectivity index (χ4n) is 3.35. The van der Waals surface area contributed by atoms with Gasteiger partial charge < -0.3 is 4.74 Å². The number of thiocarbonyl (C=S) groups is 1. The number of benzene rings is 2. The SMILES string of the molecule is FC(F)(F)c1cccc(-c2ccc(CO[C@@H]3CCCC(N=C=S)C3)cc2)c1. The Hall–Kier alpha value is -2.01. The standard InChI is InChI=1S/C21H20F3NOS/c22-21(23,24)18-4-1-3-17(11-18)16-9-7-15(8-10-16)13-26-20-6-2-5-19(12-20)25-14-27/h1,3-4,7-11,19-20H,2,5-6,12-13H2/t19?,20-/m1/s1. The van der Waals surface area contributed by atoms with Gasteiger partial charge in [-0.2, -0.15) is 13.2 Å². The van der Waals surface area contributed by atoms with Gasteiger partial charge in [0.05, 0.1) is 29.5 Å². The molecule has 0 bridgehead atoms. The van der Waals surface area contributed by atoms with Crippen LogP contribution in [0.2, 0.25) is 0 Å². The van der Waals surface area contributed by atoms with Crippen molar-refractivity contribution in [3.8, 4) is 11.1 Å². The molecule has 27 heavy (non-hydrogen) atoms. The molecule has 0 radical (unpaired) electrons. The lowest BCUT2D eigenvalue weighted by atomic mass is 9.93. The fourth-order valence-corrected chi connectivity index (χ4v) is 3.50. The van der Waals surface area contributed by atoms with E-state index in [0.717, 1.165) is 42.9 Å². The molecule has 0 heterocycles. The predicted molar refractivity (Wildman–Crippen MR) is 103 cm³/mol.